The minimum absolute atomic E-state index is 0.556. The first kappa shape index (κ1) is 11.7. The maximum Gasteiger partial charge on any atom is 0.117 e. The predicted molar refractivity (Wildman–Crippen MR) is 72.6 cm³/mol. The molecule has 1 saturated heterocycles. The molecule has 0 saturated carbocycles. The Morgan fingerprint density at radius 2 is 2.33 bits per heavy atom. The van der Waals surface area contributed by atoms with Crippen LogP contribution in [0, 0.1) is 0 Å². The molecule has 1 unspecified atom stereocenters. The number of likely N-dealkylation sites (N-methyl/N-ethyl adjacent to an activating group) is 1. The molecule has 4 nitrogen and oxygen atoms in total. The lowest BCUT2D eigenvalue weighted by atomic mass is 10.1. The lowest BCUT2D eigenvalue weighted by molar-refractivity contribution is 0.352. The quantitative estimate of drug-likeness (QED) is 0.892. The summed E-state index contributed by atoms with van der Waals surface area (Å²) in [5.41, 5.74) is 8.04. The second kappa shape index (κ2) is 4.71. The van der Waals surface area contributed by atoms with Gasteiger partial charge in [-0.05, 0) is 31.1 Å². The Morgan fingerprint density at radius 1 is 1.44 bits per heavy atom. The van der Waals surface area contributed by atoms with Crippen LogP contribution in [0.3, 0.4) is 0 Å². The van der Waals surface area contributed by atoms with E-state index in [2.05, 4.69) is 39.5 Å². The first-order valence-electron chi connectivity index (χ1n) is 6.70. The Morgan fingerprint density at radius 3 is 3.06 bits per heavy atom. The third kappa shape index (κ3) is 1.91. The molecule has 0 radical (unpaired) electrons. The molecule has 3 rings (SSSR count). The Hall–Kier alpha value is -1.39. The maximum absolute atomic E-state index is 5.71. The van der Waals surface area contributed by atoms with Gasteiger partial charge in [0.2, 0.25) is 0 Å². The van der Waals surface area contributed by atoms with E-state index < -0.39 is 0 Å². The number of rotatable bonds is 3. The summed E-state index contributed by atoms with van der Waals surface area (Å²) in [6.07, 6.45) is 5.30. The van der Waals surface area contributed by atoms with Gasteiger partial charge in [-0.15, -0.1) is 0 Å². The second-order valence-corrected chi connectivity index (χ2v) is 5.03. The van der Waals surface area contributed by atoms with Gasteiger partial charge in [0, 0.05) is 25.2 Å². The lowest BCUT2D eigenvalue weighted by Gasteiger charge is -2.12. The van der Waals surface area contributed by atoms with E-state index in [0.29, 0.717) is 12.5 Å². The van der Waals surface area contributed by atoms with Gasteiger partial charge in [-0.1, -0.05) is 13.0 Å². The highest BCUT2D eigenvalue weighted by molar-refractivity contribution is 5.47. The highest BCUT2D eigenvalue weighted by Gasteiger charge is 2.25. The van der Waals surface area contributed by atoms with Crippen molar-refractivity contribution in [1.82, 2.24) is 14.3 Å². The Labute approximate surface area is 107 Å². The molecule has 96 valence electrons. The van der Waals surface area contributed by atoms with E-state index in [1.165, 1.54) is 18.8 Å². The van der Waals surface area contributed by atoms with Gasteiger partial charge in [0.25, 0.3) is 0 Å². The fraction of sp³-hybridized carbons (Fsp3) is 0.500. The molecule has 0 aromatic carbocycles. The topological polar surface area (TPSA) is 46.6 Å². The maximum atomic E-state index is 5.71. The highest BCUT2D eigenvalue weighted by Crippen LogP contribution is 2.26. The van der Waals surface area contributed by atoms with E-state index in [-0.39, 0.29) is 0 Å². The molecule has 1 atom stereocenters. The summed E-state index contributed by atoms with van der Waals surface area (Å²) in [5, 5.41) is 0. The van der Waals surface area contributed by atoms with E-state index in [0.717, 1.165) is 24.2 Å². The molecular weight excluding hydrogens is 224 g/mol. The van der Waals surface area contributed by atoms with Crippen LogP contribution in [0.25, 0.3) is 5.52 Å². The van der Waals surface area contributed by atoms with Crippen LogP contribution in [-0.4, -0.2) is 33.9 Å². The molecule has 2 N–H and O–H groups in total. The normalized spacial score (nSPS) is 20.9. The van der Waals surface area contributed by atoms with Crippen molar-refractivity contribution < 1.29 is 0 Å². The first-order valence-corrected chi connectivity index (χ1v) is 6.70. The number of likely N-dealkylation sites (tertiary alicyclic amines) is 1. The van der Waals surface area contributed by atoms with Crippen LogP contribution in [0.1, 0.15) is 30.7 Å². The predicted octanol–water partition coefficient (Wildman–Crippen LogP) is 1.60. The van der Waals surface area contributed by atoms with Crippen molar-refractivity contribution in [3.63, 3.8) is 0 Å². The molecule has 3 heterocycles. The van der Waals surface area contributed by atoms with Crippen molar-refractivity contribution in [3.05, 3.63) is 35.9 Å². The van der Waals surface area contributed by atoms with Gasteiger partial charge in [-0.25, -0.2) is 4.98 Å². The number of nitrogens with two attached hydrogens (primary N) is 1. The Kier molecular flexibility index (Phi) is 3.06. The molecule has 0 amide bonds. The molecule has 0 aliphatic carbocycles. The fourth-order valence-corrected chi connectivity index (χ4v) is 2.81. The molecule has 18 heavy (non-hydrogen) atoms. The van der Waals surface area contributed by atoms with Crippen LogP contribution < -0.4 is 5.73 Å². The summed E-state index contributed by atoms with van der Waals surface area (Å²) in [7, 11) is 0. The fourth-order valence-electron chi connectivity index (χ4n) is 2.81. The standard InChI is InChI=1S/C14H20N4/c1-2-17-6-5-12(10-17)14-16-8-13-4-3-11(7-15)9-18(13)14/h3-4,8-9,12H,2,5-7,10,15H2,1H3. The van der Waals surface area contributed by atoms with Gasteiger partial charge in [0.15, 0.2) is 0 Å². The van der Waals surface area contributed by atoms with E-state index in [9.17, 15) is 0 Å². The van der Waals surface area contributed by atoms with Crippen molar-refractivity contribution in [1.29, 1.82) is 0 Å². The number of hydrogen-bond acceptors (Lipinski definition) is 3. The molecule has 0 bridgehead atoms. The SMILES string of the molecule is CCN1CCC(c2ncc3ccc(CN)cn23)C1. The average Bonchev–Trinajstić information content (AvgIpc) is 3.03. The van der Waals surface area contributed by atoms with Crippen LogP contribution in [0.5, 0.6) is 0 Å². The number of nitrogens with zero attached hydrogens (tertiary/aromatic N) is 3. The van der Waals surface area contributed by atoms with Crippen molar-refractivity contribution in [3.8, 4) is 0 Å². The minimum Gasteiger partial charge on any atom is -0.326 e. The van der Waals surface area contributed by atoms with Crippen LogP contribution in [0.2, 0.25) is 0 Å². The summed E-state index contributed by atoms with van der Waals surface area (Å²) < 4.78 is 2.21. The Balaban J connectivity index is 1.96. The molecular formula is C14H20N4. The smallest absolute Gasteiger partial charge is 0.117 e. The van der Waals surface area contributed by atoms with E-state index in [4.69, 9.17) is 5.73 Å². The van der Waals surface area contributed by atoms with Gasteiger partial charge in [0.1, 0.15) is 5.82 Å². The monoisotopic (exact) mass is 244 g/mol. The van der Waals surface area contributed by atoms with Gasteiger partial charge in [-0.2, -0.15) is 0 Å². The summed E-state index contributed by atoms with van der Waals surface area (Å²) in [6.45, 7) is 6.25. The van der Waals surface area contributed by atoms with E-state index in [1.54, 1.807) is 0 Å². The second-order valence-electron chi connectivity index (χ2n) is 5.03. The van der Waals surface area contributed by atoms with Gasteiger partial charge in [0.05, 0.1) is 11.7 Å². The molecule has 1 aliphatic rings. The van der Waals surface area contributed by atoms with Crippen LogP contribution >= 0.6 is 0 Å². The molecule has 4 heteroatoms. The number of fused-ring (bicyclic) bond motifs is 1. The van der Waals surface area contributed by atoms with Crippen molar-refractivity contribution in [2.45, 2.75) is 25.8 Å². The number of imidazole rings is 1. The summed E-state index contributed by atoms with van der Waals surface area (Å²) >= 11 is 0. The van der Waals surface area contributed by atoms with Crippen molar-refractivity contribution >= 4 is 5.52 Å². The minimum atomic E-state index is 0.556. The first-order chi connectivity index (χ1) is 8.81. The highest BCUT2D eigenvalue weighted by atomic mass is 15.2. The van der Waals surface area contributed by atoms with E-state index in [1.807, 2.05) is 6.20 Å². The molecule has 2 aromatic heterocycles. The average molecular weight is 244 g/mol. The van der Waals surface area contributed by atoms with Gasteiger partial charge < -0.3 is 15.0 Å². The van der Waals surface area contributed by atoms with Crippen LogP contribution in [0.15, 0.2) is 24.5 Å². The molecule has 1 fully saturated rings. The Bertz CT molecular complexity index is 546. The zero-order chi connectivity index (χ0) is 12.5. The van der Waals surface area contributed by atoms with Crippen LogP contribution in [0.4, 0.5) is 0 Å². The number of hydrogen-bond donors (Lipinski definition) is 1. The number of pyridine rings is 1. The summed E-state index contributed by atoms with van der Waals surface area (Å²) in [4.78, 5) is 7.10. The summed E-state index contributed by atoms with van der Waals surface area (Å²) in [6, 6.07) is 4.18. The third-order valence-electron chi connectivity index (χ3n) is 3.94. The van der Waals surface area contributed by atoms with Crippen LogP contribution in [-0.2, 0) is 6.54 Å². The molecule has 2 aromatic rings. The van der Waals surface area contributed by atoms with Gasteiger partial charge in [-0.3, -0.25) is 0 Å². The lowest BCUT2D eigenvalue weighted by Crippen LogP contribution is -2.19. The zero-order valence-corrected chi connectivity index (χ0v) is 10.8. The van der Waals surface area contributed by atoms with Crippen molar-refractivity contribution in [2.24, 2.45) is 5.73 Å². The third-order valence-corrected chi connectivity index (χ3v) is 3.94. The molecule has 1 aliphatic heterocycles. The van der Waals surface area contributed by atoms with E-state index >= 15 is 0 Å². The van der Waals surface area contributed by atoms with Crippen molar-refractivity contribution in [2.75, 3.05) is 19.6 Å². The number of aromatic nitrogens is 2. The largest absolute Gasteiger partial charge is 0.326 e. The van der Waals surface area contributed by atoms with Gasteiger partial charge >= 0.3 is 0 Å². The zero-order valence-electron chi connectivity index (χ0n) is 10.8. The molecule has 0 spiro atoms. The summed E-state index contributed by atoms with van der Waals surface area (Å²) in [5.74, 6) is 1.75.